The Kier molecular flexibility index (Phi) is 3.25. The highest BCUT2D eigenvalue weighted by Gasteiger charge is 2.14. The van der Waals surface area contributed by atoms with Crippen LogP contribution >= 0.6 is 10.7 Å². The predicted octanol–water partition coefficient (Wildman–Crippen LogP) is 1.11. The van der Waals surface area contributed by atoms with Gasteiger partial charge in [-0.1, -0.05) is 0 Å². The summed E-state index contributed by atoms with van der Waals surface area (Å²) in [6.45, 7) is 1.18. The van der Waals surface area contributed by atoms with Gasteiger partial charge in [-0.2, -0.15) is 0 Å². The second kappa shape index (κ2) is 4.11. The van der Waals surface area contributed by atoms with Gasteiger partial charge in [-0.3, -0.25) is 4.79 Å². The van der Waals surface area contributed by atoms with E-state index in [9.17, 15) is 17.6 Å². The first kappa shape index (κ1) is 11.9. The van der Waals surface area contributed by atoms with Crippen LogP contribution in [-0.4, -0.2) is 19.3 Å². The summed E-state index contributed by atoms with van der Waals surface area (Å²) in [6.07, 6.45) is 0. The molecule has 0 unspecified atom stereocenters. The van der Waals surface area contributed by atoms with E-state index in [0.29, 0.717) is 6.07 Å². The van der Waals surface area contributed by atoms with E-state index in [-0.39, 0.29) is 5.82 Å². The first-order chi connectivity index (χ1) is 6.79. The van der Waals surface area contributed by atoms with Crippen LogP contribution in [0.1, 0.15) is 6.92 Å². The lowest BCUT2D eigenvalue weighted by molar-refractivity contribution is -0.114. The molecule has 1 aromatic heterocycles. The van der Waals surface area contributed by atoms with Gasteiger partial charge in [0.25, 0.3) is 9.05 Å². The highest BCUT2D eigenvalue weighted by atomic mass is 35.7. The van der Waals surface area contributed by atoms with E-state index in [1.54, 1.807) is 0 Å². The zero-order valence-electron chi connectivity index (χ0n) is 7.49. The molecular weight excluding hydrogens is 247 g/mol. The first-order valence-electron chi connectivity index (χ1n) is 3.69. The fraction of sp³-hybridized carbons (Fsp3) is 0.143. The monoisotopic (exact) mass is 252 g/mol. The number of nitrogens with zero attached hydrogens (tertiary/aromatic N) is 1. The Morgan fingerprint density at radius 1 is 1.53 bits per heavy atom. The molecule has 1 aromatic rings. The van der Waals surface area contributed by atoms with Crippen molar-refractivity contribution >= 4 is 31.5 Å². The standard InChI is InChI=1S/C7H6ClFN2O3S/c1-4(12)10-6-2-5(9)3-7(11-6)15(8,13)14/h2-3H,1H3,(H,10,11,12). The summed E-state index contributed by atoms with van der Waals surface area (Å²) in [5, 5.41) is 1.50. The molecule has 0 saturated heterocycles. The van der Waals surface area contributed by atoms with Gasteiger partial charge in [0, 0.05) is 29.7 Å². The summed E-state index contributed by atoms with van der Waals surface area (Å²) in [7, 11) is 0.856. The SMILES string of the molecule is CC(=O)Nc1cc(F)cc(S(=O)(=O)Cl)n1. The zero-order chi connectivity index (χ0) is 11.6. The average Bonchev–Trinajstić information content (AvgIpc) is 1.99. The van der Waals surface area contributed by atoms with E-state index in [1.165, 1.54) is 6.92 Å². The number of halogens is 2. The normalized spacial score (nSPS) is 11.1. The Labute approximate surface area is 89.7 Å². The van der Waals surface area contributed by atoms with Crippen LogP contribution < -0.4 is 5.32 Å². The molecule has 82 valence electrons. The maximum Gasteiger partial charge on any atom is 0.278 e. The third-order valence-corrected chi connectivity index (χ3v) is 2.50. The Morgan fingerprint density at radius 3 is 2.60 bits per heavy atom. The number of rotatable bonds is 2. The number of carbonyl (C=O) groups excluding carboxylic acids is 1. The van der Waals surface area contributed by atoms with E-state index >= 15 is 0 Å². The van der Waals surface area contributed by atoms with Crippen LogP contribution in [0.5, 0.6) is 0 Å². The van der Waals surface area contributed by atoms with Crippen molar-refractivity contribution in [2.75, 3.05) is 5.32 Å². The van der Waals surface area contributed by atoms with E-state index < -0.39 is 25.8 Å². The summed E-state index contributed by atoms with van der Waals surface area (Å²) < 4.78 is 34.6. The smallest absolute Gasteiger partial charge is 0.278 e. The minimum atomic E-state index is -4.11. The maximum atomic E-state index is 12.9. The van der Waals surface area contributed by atoms with Crippen LogP contribution in [0.4, 0.5) is 10.2 Å². The topological polar surface area (TPSA) is 76.1 Å². The number of nitrogens with one attached hydrogen (secondary N) is 1. The molecule has 5 nitrogen and oxygen atoms in total. The molecule has 0 bridgehead atoms. The predicted molar refractivity (Wildman–Crippen MR) is 51.5 cm³/mol. The Morgan fingerprint density at radius 2 is 2.13 bits per heavy atom. The van der Waals surface area contributed by atoms with Crippen LogP contribution in [-0.2, 0) is 13.8 Å². The molecule has 0 fully saturated rings. The quantitative estimate of drug-likeness (QED) is 0.800. The van der Waals surface area contributed by atoms with Crippen molar-refractivity contribution in [2.24, 2.45) is 0 Å². The van der Waals surface area contributed by atoms with Crippen molar-refractivity contribution in [1.29, 1.82) is 0 Å². The van der Waals surface area contributed by atoms with Gasteiger partial charge in [0.1, 0.15) is 11.6 Å². The number of carbonyl (C=O) groups is 1. The third kappa shape index (κ3) is 3.45. The number of aromatic nitrogens is 1. The van der Waals surface area contributed by atoms with Crippen molar-refractivity contribution in [2.45, 2.75) is 11.9 Å². The third-order valence-electron chi connectivity index (χ3n) is 1.32. The number of pyridine rings is 1. The molecule has 0 atom stereocenters. The highest BCUT2D eigenvalue weighted by molar-refractivity contribution is 8.13. The molecule has 0 spiro atoms. The molecule has 0 aliphatic carbocycles. The molecule has 1 amide bonds. The molecule has 8 heteroatoms. The van der Waals surface area contributed by atoms with Crippen LogP contribution in [0.15, 0.2) is 17.2 Å². The molecule has 0 aromatic carbocycles. The summed E-state index contributed by atoms with van der Waals surface area (Å²) in [6, 6.07) is 1.54. The number of anilines is 1. The van der Waals surface area contributed by atoms with E-state index in [0.717, 1.165) is 6.07 Å². The van der Waals surface area contributed by atoms with Gasteiger partial charge in [-0.25, -0.2) is 17.8 Å². The second-order valence-electron chi connectivity index (χ2n) is 2.63. The summed E-state index contributed by atoms with van der Waals surface area (Å²) in [5.41, 5.74) is 0. The molecule has 0 aliphatic rings. The lowest BCUT2D eigenvalue weighted by atomic mass is 10.4. The Hall–Kier alpha value is -1.21. The van der Waals surface area contributed by atoms with Gasteiger partial charge in [0.05, 0.1) is 0 Å². The minimum absolute atomic E-state index is 0.207. The van der Waals surface area contributed by atoms with Gasteiger partial charge in [0.2, 0.25) is 5.91 Å². The summed E-state index contributed by atoms with van der Waals surface area (Å²) in [4.78, 5) is 14.1. The van der Waals surface area contributed by atoms with Crippen LogP contribution in [0, 0.1) is 5.82 Å². The lowest BCUT2D eigenvalue weighted by Crippen LogP contribution is -2.09. The van der Waals surface area contributed by atoms with Crippen LogP contribution in [0.3, 0.4) is 0 Å². The lowest BCUT2D eigenvalue weighted by Gasteiger charge is -2.02. The molecule has 0 radical (unpaired) electrons. The van der Waals surface area contributed by atoms with E-state index in [1.807, 2.05) is 0 Å². The summed E-state index contributed by atoms with van der Waals surface area (Å²) in [5.74, 6) is -1.55. The average molecular weight is 253 g/mol. The molecule has 1 heterocycles. The number of hydrogen-bond acceptors (Lipinski definition) is 4. The van der Waals surface area contributed by atoms with Gasteiger partial charge in [-0.15, -0.1) is 0 Å². The van der Waals surface area contributed by atoms with Gasteiger partial charge >= 0.3 is 0 Å². The number of hydrogen-bond donors (Lipinski definition) is 1. The zero-order valence-corrected chi connectivity index (χ0v) is 9.06. The maximum absolute atomic E-state index is 12.9. The molecule has 0 saturated carbocycles. The van der Waals surface area contributed by atoms with Gasteiger partial charge in [0.15, 0.2) is 5.03 Å². The largest absolute Gasteiger partial charge is 0.311 e. The molecule has 1 rings (SSSR count). The molecular formula is C7H6ClFN2O3S. The fourth-order valence-corrected chi connectivity index (χ4v) is 1.54. The van der Waals surface area contributed by atoms with Crippen LogP contribution in [0.25, 0.3) is 0 Å². The molecule has 1 N–H and O–H groups in total. The molecule has 15 heavy (non-hydrogen) atoms. The van der Waals surface area contributed by atoms with Crippen molar-refractivity contribution in [3.05, 3.63) is 17.9 Å². The van der Waals surface area contributed by atoms with E-state index in [4.69, 9.17) is 10.7 Å². The summed E-state index contributed by atoms with van der Waals surface area (Å²) >= 11 is 0. The Balaban J connectivity index is 3.23. The van der Waals surface area contributed by atoms with Crippen molar-refractivity contribution in [3.63, 3.8) is 0 Å². The van der Waals surface area contributed by atoms with Crippen molar-refractivity contribution in [1.82, 2.24) is 4.98 Å². The van der Waals surface area contributed by atoms with E-state index in [2.05, 4.69) is 10.3 Å². The van der Waals surface area contributed by atoms with Crippen LogP contribution in [0.2, 0.25) is 0 Å². The van der Waals surface area contributed by atoms with Crippen molar-refractivity contribution in [3.8, 4) is 0 Å². The second-order valence-corrected chi connectivity index (χ2v) is 5.14. The van der Waals surface area contributed by atoms with Gasteiger partial charge in [-0.05, 0) is 0 Å². The highest BCUT2D eigenvalue weighted by Crippen LogP contribution is 2.16. The van der Waals surface area contributed by atoms with Gasteiger partial charge < -0.3 is 5.32 Å². The Bertz CT molecular complexity index is 503. The van der Waals surface area contributed by atoms with Crippen molar-refractivity contribution < 1.29 is 17.6 Å². The fourth-order valence-electron chi connectivity index (χ4n) is 0.843. The minimum Gasteiger partial charge on any atom is -0.311 e. The first-order valence-corrected chi connectivity index (χ1v) is 6.00. The molecule has 0 aliphatic heterocycles. The number of amides is 1.